The maximum atomic E-state index is 13.9. The van der Waals surface area contributed by atoms with Crippen LogP contribution in [0.1, 0.15) is 37.8 Å². The molecule has 4 aromatic heterocycles. The minimum atomic E-state index is -3.85. The summed E-state index contributed by atoms with van der Waals surface area (Å²) in [6, 6.07) is 15.7. The molecule has 6 N–H and O–H groups in total. The predicted octanol–water partition coefficient (Wildman–Crippen LogP) is 1.72. The number of hydrogen-bond acceptors (Lipinski definition) is 17. The zero-order valence-corrected chi connectivity index (χ0v) is 37.9. The topological polar surface area (TPSA) is 326 Å². The maximum absolute atomic E-state index is 13.9. The first-order valence-corrected chi connectivity index (χ1v) is 23.6. The van der Waals surface area contributed by atoms with Crippen molar-refractivity contribution in [1.29, 1.82) is 0 Å². The minimum absolute atomic E-state index is 0.0592. The number of rotatable bonds is 18. The van der Waals surface area contributed by atoms with Crippen molar-refractivity contribution >= 4 is 84.1 Å². The molecule has 6 rings (SSSR count). The monoisotopic (exact) mass is 952 g/mol. The van der Waals surface area contributed by atoms with E-state index in [0.717, 1.165) is 28.1 Å². The van der Waals surface area contributed by atoms with Crippen molar-refractivity contribution in [3.63, 3.8) is 0 Å². The number of hydrogen-bond donors (Lipinski definition) is 4. The Kier molecular flexibility index (Phi) is 14.6. The number of nitrogens with two attached hydrogens (primary N) is 2. The van der Waals surface area contributed by atoms with Crippen molar-refractivity contribution in [3.8, 4) is 0 Å². The molecule has 0 fully saturated rings. The zero-order chi connectivity index (χ0) is 47.9. The first kappa shape index (κ1) is 47.9. The largest absolute Gasteiger partial charge is 0.508 e. The highest BCUT2D eigenvalue weighted by Crippen LogP contribution is 2.23. The molecular weight excluding hydrogens is 905 g/mol. The third-order valence-electron chi connectivity index (χ3n) is 9.72. The SMILES string of the molecule is CCCS(=O)(=O)Nc1nc(N)c2c(n1)n(Cc1ccccc1)c(=O)n2C(=O)N(C)CCOC(=O)OCCN(C)C(=O)n1c(=O)n(Cc2ccccc2)c2nc(NS(=O)(=O)CCC)nc(N)c21. The fourth-order valence-corrected chi connectivity index (χ4v) is 8.64. The lowest BCUT2D eigenvalue weighted by atomic mass is 10.2. The maximum Gasteiger partial charge on any atom is 0.508 e. The van der Waals surface area contributed by atoms with Gasteiger partial charge in [0.2, 0.25) is 31.9 Å². The predicted molar refractivity (Wildman–Crippen MR) is 243 cm³/mol. The molecule has 0 radical (unpaired) electrons. The number of sulfonamides is 2. The number of nitrogens with one attached hydrogen (secondary N) is 2. The molecule has 352 valence electrons. The average molecular weight is 953 g/mol. The molecule has 0 aliphatic rings. The molecule has 0 aliphatic carbocycles. The van der Waals surface area contributed by atoms with E-state index in [2.05, 4.69) is 29.4 Å². The van der Waals surface area contributed by atoms with Gasteiger partial charge >= 0.3 is 29.6 Å². The molecule has 25 nitrogen and oxygen atoms in total. The van der Waals surface area contributed by atoms with Crippen LogP contribution < -0.4 is 32.3 Å². The van der Waals surface area contributed by atoms with Gasteiger partial charge in [-0.1, -0.05) is 74.5 Å². The summed E-state index contributed by atoms with van der Waals surface area (Å²) in [7, 11) is -5.04. The first-order chi connectivity index (χ1) is 31.3. The molecule has 0 bridgehead atoms. The molecule has 0 aliphatic heterocycles. The lowest BCUT2D eigenvalue weighted by molar-refractivity contribution is 0.0480. The van der Waals surface area contributed by atoms with Crippen LogP contribution in [0.2, 0.25) is 0 Å². The summed E-state index contributed by atoms with van der Waals surface area (Å²) in [6.07, 6.45) is -0.555. The van der Waals surface area contributed by atoms with Gasteiger partial charge in [-0.3, -0.25) is 18.6 Å². The van der Waals surface area contributed by atoms with Gasteiger partial charge in [0.25, 0.3) is 0 Å². The molecule has 0 atom stereocenters. The summed E-state index contributed by atoms with van der Waals surface area (Å²) in [5.41, 5.74) is 11.5. The second kappa shape index (κ2) is 20.1. The van der Waals surface area contributed by atoms with Gasteiger partial charge in [0.05, 0.1) is 37.7 Å². The molecular formula is C39H48N14O11S2. The number of nitrogens with zero attached hydrogens (tertiary/aromatic N) is 10. The van der Waals surface area contributed by atoms with Crippen LogP contribution in [0.4, 0.5) is 37.9 Å². The molecule has 0 spiro atoms. The van der Waals surface area contributed by atoms with Gasteiger partial charge in [0, 0.05) is 14.1 Å². The summed E-state index contributed by atoms with van der Waals surface area (Å²) in [4.78, 5) is 86.6. The number of fused-ring (bicyclic) bond motifs is 2. The number of carbonyl (C=O) groups is 3. The highest BCUT2D eigenvalue weighted by atomic mass is 32.2. The third kappa shape index (κ3) is 10.9. The second-order valence-corrected chi connectivity index (χ2v) is 18.5. The fraction of sp³-hybridized carbons (Fsp3) is 0.359. The van der Waals surface area contributed by atoms with Gasteiger partial charge in [-0.25, -0.2) is 49.9 Å². The van der Waals surface area contributed by atoms with Gasteiger partial charge in [0.15, 0.2) is 22.9 Å². The Morgan fingerprint density at radius 1 is 0.621 bits per heavy atom. The van der Waals surface area contributed by atoms with Crippen LogP contribution in [0.5, 0.6) is 0 Å². The van der Waals surface area contributed by atoms with E-state index in [9.17, 15) is 40.8 Å². The van der Waals surface area contributed by atoms with E-state index in [1.54, 1.807) is 74.5 Å². The van der Waals surface area contributed by atoms with Crippen molar-refractivity contribution in [2.75, 3.05) is 72.8 Å². The van der Waals surface area contributed by atoms with E-state index >= 15 is 0 Å². The van der Waals surface area contributed by atoms with E-state index in [0.29, 0.717) is 24.0 Å². The first-order valence-electron chi connectivity index (χ1n) is 20.3. The Bertz CT molecular complexity index is 2910. The second-order valence-electron chi connectivity index (χ2n) is 14.8. The Hall–Kier alpha value is -7.55. The Labute approximate surface area is 377 Å². The Morgan fingerprint density at radius 2 is 0.985 bits per heavy atom. The van der Waals surface area contributed by atoms with Gasteiger partial charge in [-0.15, -0.1) is 0 Å². The van der Waals surface area contributed by atoms with Crippen molar-refractivity contribution in [2.45, 2.75) is 39.8 Å². The van der Waals surface area contributed by atoms with Crippen LogP contribution in [0.15, 0.2) is 70.3 Å². The Morgan fingerprint density at radius 3 is 1.33 bits per heavy atom. The molecule has 27 heteroatoms. The third-order valence-corrected chi connectivity index (χ3v) is 12.6. The standard InChI is InChI=1S/C39H48N14O11S2/c1-5-21-65(59,60)46-33-42-29(40)27-31(44-33)50(23-25-13-9-7-10-14-25)37(56)52(27)35(54)48(3)17-19-63-39(58)64-20-18-49(4)36(55)53-28-30(41)43-34(47-66(61,62)22-6-2)45-32(28)51(38(53)57)24-26-15-11-8-12-16-26/h7-16H,5-6,17-24H2,1-4H3,(H3,40,42,44,46)(H3,41,43,45,47). The average Bonchev–Trinajstić information content (AvgIpc) is 3.69. The van der Waals surface area contributed by atoms with Gasteiger partial charge in [-0.2, -0.15) is 19.9 Å². The highest BCUT2D eigenvalue weighted by Gasteiger charge is 2.29. The molecule has 0 saturated heterocycles. The molecule has 6 aromatic rings. The molecule has 2 amide bonds. The van der Waals surface area contributed by atoms with Crippen molar-refractivity contribution < 1.29 is 40.7 Å². The summed E-state index contributed by atoms with van der Waals surface area (Å²) in [6.45, 7) is 1.92. The quantitative estimate of drug-likeness (QED) is 0.0891. The van der Waals surface area contributed by atoms with Crippen molar-refractivity contribution in [2.24, 2.45) is 0 Å². The Balaban J connectivity index is 1.12. The minimum Gasteiger partial charge on any atom is -0.432 e. The normalized spacial score (nSPS) is 11.7. The number of benzene rings is 2. The van der Waals surface area contributed by atoms with Crippen LogP contribution in [0.25, 0.3) is 22.3 Å². The summed E-state index contributed by atoms with van der Waals surface area (Å²) >= 11 is 0. The smallest absolute Gasteiger partial charge is 0.432 e. The fourth-order valence-electron chi connectivity index (χ4n) is 6.63. The number of imidazole rings is 2. The zero-order valence-electron chi connectivity index (χ0n) is 36.3. The van der Waals surface area contributed by atoms with Crippen LogP contribution in [-0.2, 0) is 42.6 Å². The van der Waals surface area contributed by atoms with Gasteiger partial charge in [-0.05, 0) is 24.0 Å². The molecule has 66 heavy (non-hydrogen) atoms. The van der Waals surface area contributed by atoms with Crippen LogP contribution in [0.3, 0.4) is 0 Å². The summed E-state index contributed by atoms with van der Waals surface area (Å²) < 4.78 is 68.6. The van der Waals surface area contributed by atoms with E-state index < -0.39 is 62.9 Å². The molecule has 4 heterocycles. The number of carbonyl (C=O) groups excluding carboxylic acids is 3. The number of aromatic nitrogens is 8. The van der Waals surface area contributed by atoms with E-state index in [1.807, 2.05) is 0 Å². The number of ether oxygens (including phenoxy) is 2. The van der Waals surface area contributed by atoms with Crippen LogP contribution in [-0.4, -0.2) is 135 Å². The van der Waals surface area contributed by atoms with Gasteiger partial charge in [0.1, 0.15) is 24.2 Å². The lowest BCUT2D eigenvalue weighted by Gasteiger charge is -2.18. The molecule has 0 unspecified atom stereocenters. The highest BCUT2D eigenvalue weighted by molar-refractivity contribution is 7.92. The lowest BCUT2D eigenvalue weighted by Crippen LogP contribution is -2.40. The molecule has 2 aromatic carbocycles. The molecule has 0 saturated carbocycles. The number of nitrogen functional groups attached to an aromatic ring is 2. The van der Waals surface area contributed by atoms with Crippen molar-refractivity contribution in [1.82, 2.24) is 48.0 Å². The van der Waals surface area contributed by atoms with Crippen LogP contribution in [0, 0.1) is 0 Å². The number of amides is 2. The van der Waals surface area contributed by atoms with E-state index in [-0.39, 0.29) is 83.5 Å². The number of anilines is 4. The van der Waals surface area contributed by atoms with E-state index in [1.165, 1.54) is 14.1 Å². The van der Waals surface area contributed by atoms with Crippen molar-refractivity contribution in [3.05, 3.63) is 92.8 Å². The van der Waals surface area contributed by atoms with E-state index in [4.69, 9.17) is 20.9 Å². The number of likely N-dealkylation sites (N-methyl/N-ethyl adjacent to an activating group) is 2. The summed E-state index contributed by atoms with van der Waals surface area (Å²) in [5, 5.41) is 0. The summed E-state index contributed by atoms with van der Waals surface area (Å²) in [5.74, 6) is -1.94. The van der Waals surface area contributed by atoms with Crippen LogP contribution >= 0.6 is 0 Å². The van der Waals surface area contributed by atoms with Gasteiger partial charge < -0.3 is 30.7 Å².